The molecule has 6 atom stereocenters. The lowest BCUT2D eigenvalue weighted by Gasteiger charge is -2.48. The summed E-state index contributed by atoms with van der Waals surface area (Å²) in [7, 11) is -3.01. The Kier molecular flexibility index (Phi) is 10.4. The van der Waals surface area contributed by atoms with E-state index in [4.69, 9.17) is 9.16 Å². The molecule has 3 aliphatic heterocycles. The van der Waals surface area contributed by atoms with Crippen LogP contribution in [0.15, 0.2) is 103 Å². The number of carbonyl (C=O) groups is 2. The van der Waals surface area contributed by atoms with E-state index in [2.05, 4.69) is 98.5 Å². The molecule has 1 aliphatic carbocycles. The van der Waals surface area contributed by atoms with Crippen molar-refractivity contribution in [3.8, 4) is 5.75 Å². The smallest absolute Gasteiger partial charge is 0.261 e. The molecule has 8 nitrogen and oxygen atoms in total. The zero-order valence-electron chi connectivity index (χ0n) is 33.4. The first-order valence-electron chi connectivity index (χ1n) is 20.4. The van der Waals surface area contributed by atoms with Gasteiger partial charge in [-0.2, -0.15) is 0 Å². The number of phenols is 1. The number of likely N-dealkylation sites (tertiary alicyclic amines) is 2. The fourth-order valence-electron chi connectivity index (χ4n) is 10.6. The van der Waals surface area contributed by atoms with Crippen LogP contribution in [0.2, 0.25) is 5.04 Å². The number of hydrogen-bond acceptors (Lipinski definition) is 7. The third kappa shape index (κ3) is 6.65. The summed E-state index contributed by atoms with van der Waals surface area (Å²) in [6.07, 6.45) is 1.62. The Morgan fingerprint density at radius 1 is 0.821 bits per heavy atom. The van der Waals surface area contributed by atoms with Gasteiger partial charge in [-0.15, -0.1) is 0 Å². The van der Waals surface area contributed by atoms with Gasteiger partial charge >= 0.3 is 0 Å². The number of ether oxygens (including phenoxy) is 1. The van der Waals surface area contributed by atoms with E-state index in [1.807, 2.05) is 44.2 Å². The molecule has 2 amide bonds. The number of rotatable bonds is 9. The average Bonchev–Trinajstić information content (AvgIpc) is 3.67. The Hall–Kier alpha value is -4.12. The lowest BCUT2D eigenvalue weighted by atomic mass is 9.64. The minimum Gasteiger partial charge on any atom is -0.507 e. The van der Waals surface area contributed by atoms with Crippen molar-refractivity contribution in [2.45, 2.75) is 89.8 Å². The fraction of sp³-hybridized carbons (Fsp3) is 0.447. The Balaban J connectivity index is 1.13. The maximum absolute atomic E-state index is 14.7. The highest BCUT2D eigenvalue weighted by atomic mass is 28.4. The lowest BCUT2D eigenvalue weighted by molar-refractivity contribution is -0.273. The maximum Gasteiger partial charge on any atom is 0.261 e. The van der Waals surface area contributed by atoms with Gasteiger partial charge in [-0.3, -0.25) is 19.4 Å². The van der Waals surface area contributed by atoms with Crippen LogP contribution >= 0.6 is 0 Å². The van der Waals surface area contributed by atoms with Crippen LogP contribution in [-0.4, -0.2) is 71.7 Å². The molecule has 56 heavy (non-hydrogen) atoms. The van der Waals surface area contributed by atoms with E-state index in [0.29, 0.717) is 12.8 Å². The molecular formula is C47H56N2O6Si. The molecule has 1 saturated carbocycles. The Morgan fingerprint density at radius 2 is 1.38 bits per heavy atom. The topological polar surface area (TPSA) is 99.5 Å². The van der Waals surface area contributed by atoms with E-state index in [1.54, 1.807) is 4.90 Å². The number of nitrogens with zero attached hydrogens (tertiary/aromatic N) is 2. The first-order chi connectivity index (χ1) is 26.8. The van der Waals surface area contributed by atoms with E-state index >= 15 is 0 Å². The molecule has 4 aromatic rings. The monoisotopic (exact) mass is 772 g/mol. The van der Waals surface area contributed by atoms with Crippen LogP contribution in [0.1, 0.15) is 74.8 Å². The molecule has 2 N–H and O–H groups in total. The number of piperidine rings is 1. The summed E-state index contributed by atoms with van der Waals surface area (Å²) in [5, 5.41) is 25.6. The minimum atomic E-state index is -3.01. The van der Waals surface area contributed by atoms with Crippen molar-refractivity contribution in [2.24, 2.45) is 23.7 Å². The van der Waals surface area contributed by atoms with Gasteiger partial charge in [0.1, 0.15) is 5.75 Å². The number of hydrogen-bond donors (Lipinski definition) is 2. The molecule has 4 aromatic carbocycles. The third-order valence-corrected chi connectivity index (χ3v) is 18.4. The van der Waals surface area contributed by atoms with E-state index in [-0.39, 0.29) is 35.3 Å². The van der Waals surface area contributed by atoms with Gasteiger partial charge in [0, 0.05) is 44.1 Å². The van der Waals surface area contributed by atoms with Crippen LogP contribution < -0.4 is 10.4 Å². The number of phenolic OH excluding ortho intramolecular Hbond substituents is 1. The van der Waals surface area contributed by atoms with Crippen LogP contribution in [0.5, 0.6) is 5.75 Å². The second-order valence-electron chi connectivity index (χ2n) is 17.8. The summed E-state index contributed by atoms with van der Waals surface area (Å²) in [5.41, 5.74) is 3.56. The van der Waals surface area contributed by atoms with Crippen molar-refractivity contribution in [2.75, 3.05) is 19.7 Å². The van der Waals surface area contributed by atoms with Gasteiger partial charge in [-0.1, -0.05) is 112 Å². The minimum absolute atomic E-state index is 0.112. The van der Waals surface area contributed by atoms with Gasteiger partial charge in [0.2, 0.25) is 11.8 Å². The molecular weight excluding hydrogens is 717 g/mol. The second-order valence-corrected chi connectivity index (χ2v) is 22.1. The molecule has 4 aliphatic rings. The lowest BCUT2D eigenvalue weighted by Crippen LogP contribution is -2.67. The summed E-state index contributed by atoms with van der Waals surface area (Å²) < 4.78 is 14.3. The predicted molar refractivity (Wildman–Crippen MR) is 220 cm³/mol. The summed E-state index contributed by atoms with van der Waals surface area (Å²) in [5.74, 6) is -4.16. The highest BCUT2D eigenvalue weighted by Crippen LogP contribution is 2.59. The maximum atomic E-state index is 14.7. The van der Waals surface area contributed by atoms with Gasteiger partial charge in [0.05, 0.1) is 17.9 Å². The van der Waals surface area contributed by atoms with Gasteiger partial charge in [0.25, 0.3) is 8.32 Å². The standard InChI is InChI=1S/C47H56N2O6Si/c1-31-25-34(26-32(2)43(31)50)41-28-40-42-39(44(51)49(45(42)52)36-21-23-48(24-22-36)29-33-15-9-6-10-16-33)27-35(47(40,53)55-41)30-54-56(46(3,4)5,37-17-11-7-12-18-37)38-19-13-8-14-20-38/h6-20,25-26,35-36,39-42,50,53H,21-24,27-30H2,1-5H3/t35-,39+,40+,41+,42+,47-/m1/s1. The van der Waals surface area contributed by atoms with Gasteiger partial charge in [0.15, 0.2) is 5.79 Å². The normalized spacial score (nSPS) is 27.4. The molecule has 3 heterocycles. The quantitative estimate of drug-likeness (QED) is 0.146. The molecule has 4 fully saturated rings. The van der Waals surface area contributed by atoms with Gasteiger partial charge in [-0.05, 0) is 89.3 Å². The molecule has 0 bridgehead atoms. The average molecular weight is 773 g/mol. The zero-order valence-corrected chi connectivity index (χ0v) is 34.4. The molecule has 9 heteroatoms. The van der Waals surface area contributed by atoms with Crippen LogP contribution in [0.3, 0.4) is 0 Å². The number of carbonyl (C=O) groups excluding carboxylic acids is 2. The Bertz CT molecular complexity index is 1980. The third-order valence-electron chi connectivity index (χ3n) is 13.4. The van der Waals surface area contributed by atoms with Crippen LogP contribution in [0, 0.1) is 37.5 Å². The number of aromatic hydroxyl groups is 1. The number of amides is 2. The largest absolute Gasteiger partial charge is 0.507 e. The zero-order chi connectivity index (χ0) is 39.4. The van der Waals surface area contributed by atoms with E-state index in [1.165, 1.54) is 5.56 Å². The second kappa shape index (κ2) is 15.0. The van der Waals surface area contributed by atoms with Crippen molar-refractivity contribution >= 4 is 30.5 Å². The number of aryl methyl sites for hydroxylation is 2. The van der Waals surface area contributed by atoms with Crippen LogP contribution in [-0.2, 0) is 25.3 Å². The fourth-order valence-corrected chi connectivity index (χ4v) is 15.2. The summed E-state index contributed by atoms with van der Waals surface area (Å²) in [4.78, 5) is 33.3. The molecule has 0 aromatic heterocycles. The number of aliphatic hydroxyl groups is 1. The van der Waals surface area contributed by atoms with Crippen LogP contribution in [0.4, 0.5) is 0 Å². The van der Waals surface area contributed by atoms with Crippen molar-refractivity contribution in [3.05, 3.63) is 125 Å². The molecule has 0 spiro atoms. The van der Waals surface area contributed by atoms with Crippen molar-refractivity contribution in [3.63, 3.8) is 0 Å². The highest BCUT2D eigenvalue weighted by Gasteiger charge is 2.68. The molecule has 8 rings (SSSR count). The first kappa shape index (κ1) is 38.7. The number of benzene rings is 4. The summed E-state index contributed by atoms with van der Waals surface area (Å²) in [6, 6.07) is 34.9. The molecule has 0 radical (unpaired) electrons. The predicted octanol–water partition coefficient (Wildman–Crippen LogP) is 6.64. The van der Waals surface area contributed by atoms with E-state index < -0.39 is 43.9 Å². The molecule has 0 unspecified atom stereocenters. The Morgan fingerprint density at radius 3 is 1.93 bits per heavy atom. The number of fused-ring (bicyclic) bond motifs is 3. The highest BCUT2D eigenvalue weighted by molar-refractivity contribution is 6.99. The number of imide groups is 1. The summed E-state index contributed by atoms with van der Waals surface area (Å²) in [6.45, 7) is 13.0. The van der Waals surface area contributed by atoms with Gasteiger partial charge < -0.3 is 19.4 Å². The molecule has 294 valence electrons. The van der Waals surface area contributed by atoms with Crippen molar-refractivity contribution in [1.82, 2.24) is 9.80 Å². The van der Waals surface area contributed by atoms with Crippen LogP contribution in [0.25, 0.3) is 0 Å². The molecule has 3 saturated heterocycles. The Labute approximate surface area is 332 Å². The van der Waals surface area contributed by atoms with E-state index in [0.717, 1.165) is 59.5 Å². The SMILES string of the molecule is Cc1cc([C@@H]2C[C@H]3[C@H]4C(=O)N(C5CCN(Cc6ccccc6)CC5)C(=O)[C@H]4C[C@H](CO[Si](c4ccccc4)(c4ccccc4)C(C)(C)C)[C@@]3(O)O2)cc(C)c1O. The van der Waals surface area contributed by atoms with E-state index in [9.17, 15) is 19.8 Å². The van der Waals surface area contributed by atoms with Crippen molar-refractivity contribution in [1.29, 1.82) is 0 Å². The van der Waals surface area contributed by atoms with Crippen molar-refractivity contribution < 1.29 is 29.0 Å². The van der Waals surface area contributed by atoms with Gasteiger partial charge in [-0.25, -0.2) is 0 Å². The first-order valence-corrected chi connectivity index (χ1v) is 22.3. The summed E-state index contributed by atoms with van der Waals surface area (Å²) >= 11 is 0.